The number of likely N-dealkylation sites (tertiary alicyclic amines) is 1. The number of hydrogen-bond acceptors (Lipinski definition) is 2. The number of thiocarbonyl (C=S) groups is 2. The van der Waals surface area contributed by atoms with Gasteiger partial charge in [0, 0.05) is 6.54 Å². The van der Waals surface area contributed by atoms with Gasteiger partial charge in [-0.3, -0.25) is 0 Å². The zero-order chi connectivity index (χ0) is 9.84. The summed E-state index contributed by atoms with van der Waals surface area (Å²) in [5.74, 6) is 0. The van der Waals surface area contributed by atoms with Crippen LogP contribution in [0.1, 0.15) is 32.6 Å². The van der Waals surface area contributed by atoms with Gasteiger partial charge in [0.2, 0.25) is 0 Å². The summed E-state index contributed by atoms with van der Waals surface area (Å²) >= 11 is 10.5. The van der Waals surface area contributed by atoms with E-state index in [9.17, 15) is 0 Å². The summed E-state index contributed by atoms with van der Waals surface area (Å²) in [6, 6.07) is 0. The van der Waals surface area contributed by atoms with E-state index in [4.69, 9.17) is 24.4 Å². The largest absolute Gasteiger partial charge is 0.330 e. The van der Waals surface area contributed by atoms with E-state index in [1.807, 2.05) is 6.92 Å². The highest BCUT2D eigenvalue weighted by Crippen LogP contribution is 2.16. The maximum Gasteiger partial charge on any atom is 0.0827 e. The van der Waals surface area contributed by atoms with Crippen LogP contribution in [0.2, 0.25) is 0 Å². The van der Waals surface area contributed by atoms with Crippen LogP contribution in [-0.4, -0.2) is 21.4 Å². The molecule has 0 aromatic rings. The van der Waals surface area contributed by atoms with Gasteiger partial charge in [-0.15, -0.1) is 6.58 Å². The number of piperidine rings is 1. The first kappa shape index (κ1) is 10.8. The van der Waals surface area contributed by atoms with E-state index in [1.54, 1.807) is 0 Å². The molecule has 0 saturated carbocycles. The van der Waals surface area contributed by atoms with Crippen molar-refractivity contribution in [2.45, 2.75) is 32.6 Å². The molecule has 0 spiro atoms. The predicted molar refractivity (Wildman–Crippen MR) is 65.2 cm³/mol. The van der Waals surface area contributed by atoms with E-state index < -0.39 is 0 Å². The van der Waals surface area contributed by atoms with E-state index >= 15 is 0 Å². The van der Waals surface area contributed by atoms with E-state index in [0.717, 1.165) is 42.2 Å². The summed E-state index contributed by atoms with van der Waals surface area (Å²) < 4.78 is 0. The highest BCUT2D eigenvalue weighted by molar-refractivity contribution is 7.81. The van der Waals surface area contributed by atoms with Gasteiger partial charge in [0.25, 0.3) is 0 Å². The Labute approximate surface area is 90.8 Å². The molecule has 1 aliphatic rings. The standard InChI is InChI=1S/C10H15NS2/c1-8(2)6-7-11-9(12)4-3-5-10(11)13/h1,3-7H2,2H3. The summed E-state index contributed by atoms with van der Waals surface area (Å²) in [6.07, 6.45) is 4.15. The lowest BCUT2D eigenvalue weighted by Crippen LogP contribution is -2.38. The molecule has 0 N–H and O–H groups in total. The topological polar surface area (TPSA) is 3.24 Å². The summed E-state index contributed by atoms with van der Waals surface area (Å²) in [5.41, 5.74) is 1.19. The van der Waals surface area contributed by atoms with Crippen LogP contribution in [0, 0.1) is 0 Å². The van der Waals surface area contributed by atoms with Gasteiger partial charge in [0.05, 0.1) is 9.98 Å². The van der Waals surface area contributed by atoms with E-state index in [0.29, 0.717) is 0 Å². The lowest BCUT2D eigenvalue weighted by molar-refractivity contribution is 0.568. The molecule has 0 bridgehead atoms. The van der Waals surface area contributed by atoms with Crippen molar-refractivity contribution in [3.05, 3.63) is 12.2 Å². The molecule has 72 valence electrons. The molecule has 1 saturated heterocycles. The highest BCUT2D eigenvalue weighted by Gasteiger charge is 2.18. The Morgan fingerprint density at radius 1 is 1.38 bits per heavy atom. The molecule has 1 heterocycles. The van der Waals surface area contributed by atoms with Crippen LogP contribution in [0.4, 0.5) is 0 Å². The maximum absolute atomic E-state index is 5.26. The van der Waals surface area contributed by atoms with Crippen LogP contribution < -0.4 is 0 Å². The fourth-order valence-electron chi connectivity index (χ4n) is 1.35. The predicted octanol–water partition coefficient (Wildman–Crippen LogP) is 3.09. The first-order chi connectivity index (χ1) is 6.11. The van der Waals surface area contributed by atoms with Crippen molar-refractivity contribution in [3.63, 3.8) is 0 Å². The fourth-order valence-corrected chi connectivity index (χ4v) is 2.10. The molecule has 0 aromatic carbocycles. The second-order valence-electron chi connectivity index (χ2n) is 3.50. The molecule has 0 radical (unpaired) electrons. The second-order valence-corrected chi connectivity index (χ2v) is 4.44. The zero-order valence-electron chi connectivity index (χ0n) is 8.01. The van der Waals surface area contributed by atoms with Gasteiger partial charge in [0.1, 0.15) is 0 Å². The smallest absolute Gasteiger partial charge is 0.0827 e. The Morgan fingerprint density at radius 3 is 2.38 bits per heavy atom. The quantitative estimate of drug-likeness (QED) is 0.524. The van der Waals surface area contributed by atoms with Crippen LogP contribution in [0.5, 0.6) is 0 Å². The number of nitrogens with zero attached hydrogens (tertiary/aromatic N) is 1. The third kappa shape index (κ3) is 3.16. The van der Waals surface area contributed by atoms with Crippen molar-refractivity contribution in [2.24, 2.45) is 0 Å². The van der Waals surface area contributed by atoms with Crippen molar-refractivity contribution < 1.29 is 0 Å². The normalized spacial score (nSPS) is 17.8. The van der Waals surface area contributed by atoms with Crippen molar-refractivity contribution in [1.29, 1.82) is 0 Å². The van der Waals surface area contributed by atoms with Crippen LogP contribution >= 0.6 is 24.4 Å². The van der Waals surface area contributed by atoms with Gasteiger partial charge in [-0.1, -0.05) is 30.0 Å². The van der Waals surface area contributed by atoms with Gasteiger partial charge in [-0.25, -0.2) is 0 Å². The molecule has 0 unspecified atom stereocenters. The molecule has 0 aliphatic carbocycles. The SMILES string of the molecule is C=C(C)CCN1C(=S)CCCC1=S. The van der Waals surface area contributed by atoms with Gasteiger partial charge in [0.15, 0.2) is 0 Å². The average Bonchev–Trinajstić information content (AvgIpc) is 2.03. The van der Waals surface area contributed by atoms with E-state index in [1.165, 1.54) is 5.57 Å². The minimum absolute atomic E-state index is 0.924. The van der Waals surface area contributed by atoms with Crippen LogP contribution in [0.25, 0.3) is 0 Å². The van der Waals surface area contributed by atoms with Crippen molar-refractivity contribution in [1.82, 2.24) is 4.90 Å². The molecule has 1 nitrogen and oxygen atoms in total. The Morgan fingerprint density at radius 2 is 1.92 bits per heavy atom. The molecule has 3 heteroatoms. The van der Waals surface area contributed by atoms with E-state index in [2.05, 4.69) is 11.5 Å². The van der Waals surface area contributed by atoms with Crippen molar-refractivity contribution >= 4 is 34.4 Å². The summed E-state index contributed by atoms with van der Waals surface area (Å²) in [7, 11) is 0. The van der Waals surface area contributed by atoms with E-state index in [-0.39, 0.29) is 0 Å². The Bertz CT molecular complexity index is 229. The molecular weight excluding hydrogens is 198 g/mol. The lowest BCUT2D eigenvalue weighted by Gasteiger charge is -2.30. The third-order valence-electron chi connectivity index (χ3n) is 2.15. The summed E-state index contributed by atoms with van der Waals surface area (Å²) in [5, 5.41) is 0. The second kappa shape index (κ2) is 4.82. The Kier molecular flexibility index (Phi) is 4.00. The first-order valence-corrected chi connectivity index (χ1v) is 5.40. The first-order valence-electron chi connectivity index (χ1n) is 4.59. The minimum Gasteiger partial charge on any atom is -0.330 e. The molecular formula is C10H15NS2. The van der Waals surface area contributed by atoms with Crippen LogP contribution in [-0.2, 0) is 0 Å². The molecule has 1 aliphatic heterocycles. The van der Waals surface area contributed by atoms with Gasteiger partial charge >= 0.3 is 0 Å². The Hall–Kier alpha value is -0.280. The lowest BCUT2D eigenvalue weighted by atomic mass is 10.1. The molecule has 13 heavy (non-hydrogen) atoms. The van der Waals surface area contributed by atoms with Gasteiger partial charge in [-0.05, 0) is 32.6 Å². The summed E-state index contributed by atoms with van der Waals surface area (Å²) in [4.78, 5) is 4.12. The molecule has 0 aromatic heterocycles. The average molecular weight is 213 g/mol. The van der Waals surface area contributed by atoms with Crippen LogP contribution in [0.3, 0.4) is 0 Å². The van der Waals surface area contributed by atoms with Crippen LogP contribution in [0.15, 0.2) is 12.2 Å². The third-order valence-corrected chi connectivity index (χ3v) is 2.99. The Balaban J connectivity index is 2.49. The molecule has 0 atom stereocenters. The highest BCUT2D eigenvalue weighted by atomic mass is 32.1. The maximum atomic E-state index is 5.26. The van der Waals surface area contributed by atoms with Crippen molar-refractivity contribution in [3.8, 4) is 0 Å². The monoisotopic (exact) mass is 213 g/mol. The van der Waals surface area contributed by atoms with Gasteiger partial charge < -0.3 is 4.90 Å². The van der Waals surface area contributed by atoms with Gasteiger partial charge in [-0.2, -0.15) is 0 Å². The van der Waals surface area contributed by atoms with Crippen molar-refractivity contribution in [2.75, 3.05) is 6.54 Å². The number of hydrogen-bond donors (Lipinski definition) is 0. The molecule has 0 amide bonds. The number of rotatable bonds is 3. The molecule has 1 rings (SSSR count). The minimum atomic E-state index is 0.924. The summed E-state index contributed by atoms with van der Waals surface area (Å²) in [6.45, 7) is 6.84. The fraction of sp³-hybridized carbons (Fsp3) is 0.600. The molecule has 1 fully saturated rings. The zero-order valence-corrected chi connectivity index (χ0v) is 9.64.